The summed E-state index contributed by atoms with van der Waals surface area (Å²) in [6, 6.07) is 4.91. The molecule has 1 N–H and O–H groups in total. The molecule has 0 aromatic heterocycles. The summed E-state index contributed by atoms with van der Waals surface area (Å²) in [6.45, 7) is -0.464. The van der Waals surface area contributed by atoms with Gasteiger partial charge in [-0.2, -0.15) is 0 Å². The Bertz CT molecular complexity index is 296. The second-order valence-electron chi connectivity index (χ2n) is 2.26. The van der Waals surface area contributed by atoms with E-state index < -0.39 is 6.79 Å². The number of benzene rings is 1. The third-order valence-corrected chi connectivity index (χ3v) is 1.58. The Balaban J connectivity index is 3.10. The highest BCUT2D eigenvalue weighted by Crippen LogP contribution is 2.25. The van der Waals surface area contributed by atoms with Gasteiger partial charge in [0, 0.05) is 0 Å². The number of carbonyl (C=O) groups is 1. The molecule has 0 atom stereocenters. The lowest BCUT2D eigenvalue weighted by molar-refractivity contribution is 0.0955. The van der Waals surface area contributed by atoms with Crippen LogP contribution < -0.4 is 9.47 Å². The molecule has 0 fully saturated rings. The highest BCUT2D eigenvalue weighted by Gasteiger charge is 2.08. The maximum atomic E-state index is 10.6. The minimum absolute atomic E-state index is 0.305. The van der Waals surface area contributed by atoms with Gasteiger partial charge >= 0.3 is 0 Å². The SMILES string of the molecule is COc1cccc(OCO)c1C=O. The molecule has 0 bridgehead atoms. The van der Waals surface area contributed by atoms with E-state index in [-0.39, 0.29) is 0 Å². The first-order valence-corrected chi connectivity index (χ1v) is 3.69. The molecule has 0 saturated carbocycles. The molecule has 4 nitrogen and oxygen atoms in total. The summed E-state index contributed by atoms with van der Waals surface area (Å²) < 4.78 is 9.74. The van der Waals surface area contributed by atoms with Gasteiger partial charge in [-0.3, -0.25) is 4.79 Å². The van der Waals surface area contributed by atoms with Crippen LogP contribution in [0.3, 0.4) is 0 Å². The van der Waals surface area contributed by atoms with E-state index in [4.69, 9.17) is 14.6 Å². The molecule has 0 amide bonds. The summed E-state index contributed by atoms with van der Waals surface area (Å²) in [5.41, 5.74) is 0.305. The Morgan fingerprint density at radius 3 is 2.69 bits per heavy atom. The summed E-state index contributed by atoms with van der Waals surface area (Å²) in [6.07, 6.45) is 0.629. The molecule has 0 aliphatic heterocycles. The van der Waals surface area contributed by atoms with E-state index in [0.717, 1.165) is 0 Å². The number of ether oxygens (including phenoxy) is 2. The molecule has 1 aromatic carbocycles. The van der Waals surface area contributed by atoms with Gasteiger partial charge in [-0.1, -0.05) is 6.07 Å². The predicted octanol–water partition coefficient (Wildman–Crippen LogP) is 0.836. The molecule has 0 unspecified atom stereocenters. The van der Waals surface area contributed by atoms with Crippen LogP contribution in [0, 0.1) is 0 Å². The molecule has 0 radical (unpaired) electrons. The molecule has 1 aromatic rings. The summed E-state index contributed by atoms with van der Waals surface area (Å²) in [5.74, 6) is 0.748. The molecule has 70 valence electrons. The fraction of sp³-hybridized carbons (Fsp3) is 0.222. The van der Waals surface area contributed by atoms with Crippen molar-refractivity contribution in [1.82, 2.24) is 0 Å². The van der Waals surface area contributed by atoms with E-state index in [1.807, 2.05) is 0 Å². The largest absolute Gasteiger partial charge is 0.496 e. The first-order chi connectivity index (χ1) is 6.33. The molecule has 0 aliphatic rings. The maximum absolute atomic E-state index is 10.6. The first kappa shape index (κ1) is 9.54. The monoisotopic (exact) mass is 182 g/mol. The minimum Gasteiger partial charge on any atom is -0.496 e. The number of rotatable bonds is 4. The van der Waals surface area contributed by atoms with Crippen molar-refractivity contribution < 1.29 is 19.4 Å². The van der Waals surface area contributed by atoms with Crippen molar-refractivity contribution in [3.63, 3.8) is 0 Å². The van der Waals surface area contributed by atoms with E-state index in [0.29, 0.717) is 23.3 Å². The predicted molar refractivity (Wildman–Crippen MR) is 46.1 cm³/mol. The van der Waals surface area contributed by atoms with Crippen molar-refractivity contribution >= 4 is 6.29 Å². The summed E-state index contributed by atoms with van der Waals surface area (Å²) in [4.78, 5) is 10.6. The summed E-state index contributed by atoms with van der Waals surface area (Å²) >= 11 is 0. The number of carbonyl (C=O) groups excluding carboxylic acids is 1. The smallest absolute Gasteiger partial charge is 0.186 e. The quantitative estimate of drug-likeness (QED) is 0.553. The van der Waals surface area contributed by atoms with Gasteiger partial charge in [-0.15, -0.1) is 0 Å². The lowest BCUT2D eigenvalue weighted by atomic mass is 10.2. The van der Waals surface area contributed by atoms with Crippen molar-refractivity contribution in [3.8, 4) is 11.5 Å². The summed E-state index contributed by atoms with van der Waals surface area (Å²) in [7, 11) is 1.46. The Labute approximate surface area is 75.7 Å². The fourth-order valence-electron chi connectivity index (χ4n) is 1.01. The van der Waals surface area contributed by atoms with Gasteiger partial charge in [-0.25, -0.2) is 0 Å². The van der Waals surface area contributed by atoms with Crippen molar-refractivity contribution in [2.45, 2.75) is 0 Å². The van der Waals surface area contributed by atoms with Crippen LogP contribution in [0.5, 0.6) is 11.5 Å². The van der Waals surface area contributed by atoms with Gasteiger partial charge in [0.15, 0.2) is 13.1 Å². The van der Waals surface area contributed by atoms with Crippen molar-refractivity contribution in [3.05, 3.63) is 23.8 Å². The number of hydrogen-bond acceptors (Lipinski definition) is 4. The number of aliphatic hydroxyl groups is 1. The molecule has 0 heterocycles. The van der Waals surface area contributed by atoms with Crippen LogP contribution in [0.15, 0.2) is 18.2 Å². The van der Waals surface area contributed by atoms with Crippen LogP contribution in [0.2, 0.25) is 0 Å². The third kappa shape index (κ3) is 1.97. The summed E-state index contributed by atoms with van der Waals surface area (Å²) in [5, 5.41) is 8.52. The van der Waals surface area contributed by atoms with Crippen LogP contribution in [0.25, 0.3) is 0 Å². The Morgan fingerprint density at radius 1 is 1.46 bits per heavy atom. The van der Waals surface area contributed by atoms with Crippen LogP contribution >= 0.6 is 0 Å². The van der Waals surface area contributed by atoms with Gasteiger partial charge in [0.2, 0.25) is 0 Å². The van der Waals surface area contributed by atoms with Gasteiger partial charge in [0.1, 0.15) is 11.5 Å². The lowest BCUT2D eigenvalue weighted by Crippen LogP contribution is -1.99. The van der Waals surface area contributed by atoms with Gasteiger partial charge < -0.3 is 14.6 Å². The molecule has 0 spiro atoms. The zero-order valence-electron chi connectivity index (χ0n) is 7.19. The van der Waals surface area contributed by atoms with Crippen LogP contribution in [-0.2, 0) is 0 Å². The Hall–Kier alpha value is -1.55. The highest BCUT2D eigenvalue weighted by molar-refractivity contribution is 5.83. The average Bonchev–Trinajstić information content (AvgIpc) is 2.18. The maximum Gasteiger partial charge on any atom is 0.186 e. The van der Waals surface area contributed by atoms with E-state index >= 15 is 0 Å². The number of aldehydes is 1. The van der Waals surface area contributed by atoms with Crippen molar-refractivity contribution in [1.29, 1.82) is 0 Å². The Morgan fingerprint density at radius 2 is 2.15 bits per heavy atom. The zero-order chi connectivity index (χ0) is 9.68. The van der Waals surface area contributed by atoms with Crippen molar-refractivity contribution in [2.75, 3.05) is 13.9 Å². The number of aliphatic hydroxyl groups excluding tert-OH is 1. The number of hydrogen-bond donors (Lipinski definition) is 1. The molecular formula is C9H10O4. The van der Waals surface area contributed by atoms with Crippen LogP contribution in [-0.4, -0.2) is 25.3 Å². The third-order valence-electron chi connectivity index (χ3n) is 1.58. The molecule has 0 aliphatic carbocycles. The van der Waals surface area contributed by atoms with Gasteiger partial charge in [0.25, 0.3) is 0 Å². The van der Waals surface area contributed by atoms with Gasteiger partial charge in [-0.05, 0) is 12.1 Å². The van der Waals surface area contributed by atoms with E-state index in [1.54, 1.807) is 18.2 Å². The van der Waals surface area contributed by atoms with Gasteiger partial charge in [0.05, 0.1) is 12.7 Å². The van der Waals surface area contributed by atoms with Crippen molar-refractivity contribution in [2.24, 2.45) is 0 Å². The molecule has 13 heavy (non-hydrogen) atoms. The molecule has 1 rings (SSSR count). The molecular weight excluding hydrogens is 172 g/mol. The molecule has 4 heteroatoms. The fourth-order valence-corrected chi connectivity index (χ4v) is 1.01. The lowest BCUT2D eigenvalue weighted by Gasteiger charge is -2.08. The van der Waals surface area contributed by atoms with Crippen LogP contribution in [0.4, 0.5) is 0 Å². The second-order valence-corrected chi connectivity index (χ2v) is 2.26. The highest BCUT2D eigenvalue weighted by atomic mass is 16.6. The van der Waals surface area contributed by atoms with Crippen LogP contribution in [0.1, 0.15) is 10.4 Å². The average molecular weight is 182 g/mol. The number of methoxy groups -OCH3 is 1. The topological polar surface area (TPSA) is 55.8 Å². The second kappa shape index (κ2) is 4.47. The Kier molecular flexibility index (Phi) is 3.28. The zero-order valence-corrected chi connectivity index (χ0v) is 7.19. The first-order valence-electron chi connectivity index (χ1n) is 3.69. The normalized spacial score (nSPS) is 9.38. The minimum atomic E-state index is -0.464. The molecule has 0 saturated heterocycles. The van der Waals surface area contributed by atoms with E-state index in [1.165, 1.54) is 7.11 Å². The van der Waals surface area contributed by atoms with E-state index in [2.05, 4.69) is 0 Å². The van der Waals surface area contributed by atoms with E-state index in [9.17, 15) is 4.79 Å². The standard InChI is InChI=1S/C9H10O4/c1-12-8-3-2-4-9(13-6-11)7(8)5-10/h2-5,11H,6H2,1H3.